The zero-order valence-corrected chi connectivity index (χ0v) is 10.3. The third-order valence-corrected chi connectivity index (χ3v) is 3.37. The number of imidazole rings is 1. The molecule has 0 radical (unpaired) electrons. The van der Waals surface area contributed by atoms with Crippen LogP contribution in [-0.4, -0.2) is 14.5 Å². The molecule has 0 aliphatic heterocycles. The van der Waals surface area contributed by atoms with E-state index in [1.165, 1.54) is 18.7 Å². The highest BCUT2D eigenvalue weighted by atomic mass is 15.2. The Morgan fingerprint density at radius 1 is 1.47 bits per heavy atom. The van der Waals surface area contributed by atoms with Crippen LogP contribution in [0.3, 0.4) is 0 Å². The van der Waals surface area contributed by atoms with E-state index in [2.05, 4.69) is 23.4 Å². The van der Waals surface area contributed by atoms with E-state index in [1.54, 1.807) is 0 Å². The van der Waals surface area contributed by atoms with Gasteiger partial charge in [-0.25, -0.2) is 9.97 Å². The molecule has 2 N–H and O–H groups in total. The van der Waals surface area contributed by atoms with Crippen molar-refractivity contribution in [3.8, 4) is 0 Å². The number of fused-ring (bicyclic) bond motifs is 1. The summed E-state index contributed by atoms with van der Waals surface area (Å²) in [5.41, 5.74) is 8.84. The van der Waals surface area contributed by atoms with E-state index in [4.69, 9.17) is 10.7 Å². The van der Waals surface area contributed by atoms with Crippen LogP contribution in [0.1, 0.15) is 50.0 Å². The fourth-order valence-electron chi connectivity index (χ4n) is 2.36. The van der Waals surface area contributed by atoms with Gasteiger partial charge in [0.05, 0.1) is 0 Å². The minimum Gasteiger partial charge on any atom is -0.326 e. The number of aromatic nitrogens is 3. The summed E-state index contributed by atoms with van der Waals surface area (Å²) < 4.78 is 2.27. The molecule has 0 amide bonds. The van der Waals surface area contributed by atoms with Gasteiger partial charge in [-0.1, -0.05) is 0 Å². The Balaban J connectivity index is 2.29. The average molecular weight is 230 g/mol. The molecule has 0 aromatic carbocycles. The molecule has 17 heavy (non-hydrogen) atoms. The van der Waals surface area contributed by atoms with Gasteiger partial charge in [0.25, 0.3) is 0 Å². The van der Waals surface area contributed by atoms with Crippen LogP contribution in [-0.2, 0) is 6.54 Å². The van der Waals surface area contributed by atoms with Crippen molar-refractivity contribution in [2.24, 2.45) is 5.73 Å². The van der Waals surface area contributed by atoms with Crippen molar-refractivity contribution in [2.75, 3.05) is 0 Å². The zero-order chi connectivity index (χ0) is 12.0. The van der Waals surface area contributed by atoms with E-state index in [1.807, 2.05) is 12.3 Å². The molecule has 2 aromatic heterocycles. The second-order valence-corrected chi connectivity index (χ2v) is 5.05. The number of nitrogens with two attached hydrogens (primary N) is 1. The first-order valence-corrected chi connectivity index (χ1v) is 6.28. The first kappa shape index (κ1) is 10.7. The molecule has 0 atom stereocenters. The molecule has 0 bridgehead atoms. The smallest absolute Gasteiger partial charge is 0.160 e. The summed E-state index contributed by atoms with van der Waals surface area (Å²) >= 11 is 0. The number of pyridine rings is 1. The molecule has 0 spiro atoms. The van der Waals surface area contributed by atoms with Gasteiger partial charge < -0.3 is 10.3 Å². The largest absolute Gasteiger partial charge is 0.326 e. The van der Waals surface area contributed by atoms with E-state index in [-0.39, 0.29) is 0 Å². The second kappa shape index (κ2) is 3.81. The van der Waals surface area contributed by atoms with E-state index in [9.17, 15) is 0 Å². The van der Waals surface area contributed by atoms with Crippen LogP contribution in [0.25, 0.3) is 11.2 Å². The Kier molecular flexibility index (Phi) is 2.40. The van der Waals surface area contributed by atoms with E-state index >= 15 is 0 Å². The van der Waals surface area contributed by atoms with Crippen LogP contribution < -0.4 is 5.73 Å². The van der Waals surface area contributed by atoms with E-state index in [0.29, 0.717) is 18.5 Å². The summed E-state index contributed by atoms with van der Waals surface area (Å²) in [6, 6.07) is 2.37. The predicted octanol–water partition coefficient (Wildman–Crippen LogP) is 2.35. The molecule has 1 fully saturated rings. The normalized spacial score (nSPS) is 16.0. The van der Waals surface area contributed by atoms with Gasteiger partial charge in [0, 0.05) is 24.7 Å². The van der Waals surface area contributed by atoms with Gasteiger partial charge >= 0.3 is 0 Å². The van der Waals surface area contributed by atoms with Crippen molar-refractivity contribution in [2.45, 2.75) is 45.2 Å². The summed E-state index contributed by atoms with van der Waals surface area (Å²) in [6.07, 6.45) is 4.35. The molecular weight excluding hydrogens is 212 g/mol. The van der Waals surface area contributed by atoms with E-state index < -0.39 is 0 Å². The lowest BCUT2D eigenvalue weighted by molar-refractivity contribution is 0.581. The van der Waals surface area contributed by atoms with Crippen LogP contribution in [0.5, 0.6) is 0 Å². The summed E-state index contributed by atoms with van der Waals surface area (Å²) in [4.78, 5) is 9.27. The summed E-state index contributed by atoms with van der Waals surface area (Å²) in [5, 5.41) is 0. The van der Waals surface area contributed by atoms with Gasteiger partial charge in [-0.05, 0) is 38.3 Å². The maximum atomic E-state index is 5.77. The van der Waals surface area contributed by atoms with Gasteiger partial charge in [0.2, 0.25) is 0 Å². The second-order valence-electron chi connectivity index (χ2n) is 5.05. The van der Waals surface area contributed by atoms with Gasteiger partial charge in [-0.2, -0.15) is 0 Å². The molecule has 1 aliphatic rings. The number of hydrogen-bond donors (Lipinski definition) is 1. The van der Waals surface area contributed by atoms with Crippen molar-refractivity contribution in [3.05, 3.63) is 23.7 Å². The van der Waals surface area contributed by atoms with Crippen LogP contribution in [0, 0.1) is 0 Å². The van der Waals surface area contributed by atoms with Gasteiger partial charge in [0.15, 0.2) is 5.65 Å². The topological polar surface area (TPSA) is 56.7 Å². The van der Waals surface area contributed by atoms with Crippen LogP contribution >= 0.6 is 0 Å². The van der Waals surface area contributed by atoms with Crippen LogP contribution in [0.2, 0.25) is 0 Å². The van der Waals surface area contributed by atoms with Crippen LogP contribution in [0.15, 0.2) is 12.3 Å². The molecule has 2 aromatic rings. The van der Waals surface area contributed by atoms with Crippen molar-refractivity contribution < 1.29 is 0 Å². The SMILES string of the molecule is CC(C)n1c(C2CC2)nc2c(CN)ccnc21. The number of hydrogen-bond acceptors (Lipinski definition) is 3. The lowest BCUT2D eigenvalue weighted by Gasteiger charge is -2.11. The highest BCUT2D eigenvalue weighted by Gasteiger charge is 2.31. The molecule has 4 heteroatoms. The summed E-state index contributed by atoms with van der Waals surface area (Å²) in [7, 11) is 0. The molecule has 0 saturated heterocycles. The van der Waals surface area contributed by atoms with E-state index in [0.717, 1.165) is 16.7 Å². The minimum atomic E-state index is 0.399. The lowest BCUT2D eigenvalue weighted by Crippen LogP contribution is -2.06. The molecule has 1 aliphatic carbocycles. The monoisotopic (exact) mass is 230 g/mol. The van der Waals surface area contributed by atoms with Gasteiger partial charge in [-0.15, -0.1) is 0 Å². The van der Waals surface area contributed by atoms with Gasteiger partial charge in [0.1, 0.15) is 11.3 Å². The van der Waals surface area contributed by atoms with Crippen molar-refractivity contribution in [1.82, 2.24) is 14.5 Å². The molecular formula is C13H18N4. The molecule has 2 heterocycles. The minimum absolute atomic E-state index is 0.399. The Bertz CT molecular complexity index is 552. The fourth-order valence-corrected chi connectivity index (χ4v) is 2.36. The molecule has 90 valence electrons. The molecule has 1 saturated carbocycles. The number of nitrogens with zero attached hydrogens (tertiary/aromatic N) is 3. The lowest BCUT2D eigenvalue weighted by atomic mass is 10.2. The zero-order valence-electron chi connectivity index (χ0n) is 10.3. The van der Waals surface area contributed by atoms with Crippen molar-refractivity contribution >= 4 is 11.2 Å². The summed E-state index contributed by atoms with van der Waals surface area (Å²) in [6.45, 7) is 4.89. The highest BCUT2D eigenvalue weighted by molar-refractivity contribution is 5.76. The molecule has 4 nitrogen and oxygen atoms in total. The Hall–Kier alpha value is -1.42. The third-order valence-electron chi connectivity index (χ3n) is 3.37. The Morgan fingerprint density at radius 3 is 2.82 bits per heavy atom. The Morgan fingerprint density at radius 2 is 2.24 bits per heavy atom. The molecule has 3 rings (SSSR count). The quantitative estimate of drug-likeness (QED) is 0.880. The standard InChI is InChI=1S/C13H18N4/c1-8(2)17-12(9-3-4-9)16-11-10(7-14)5-6-15-13(11)17/h5-6,8-9H,3-4,7,14H2,1-2H3. The molecule has 0 unspecified atom stereocenters. The number of rotatable bonds is 3. The maximum absolute atomic E-state index is 5.77. The first-order valence-electron chi connectivity index (χ1n) is 6.28. The summed E-state index contributed by atoms with van der Waals surface area (Å²) in [5.74, 6) is 1.83. The first-order chi connectivity index (χ1) is 8.22. The van der Waals surface area contributed by atoms with Crippen molar-refractivity contribution in [1.29, 1.82) is 0 Å². The third kappa shape index (κ3) is 1.63. The van der Waals surface area contributed by atoms with Gasteiger partial charge in [-0.3, -0.25) is 0 Å². The van der Waals surface area contributed by atoms with Crippen LogP contribution in [0.4, 0.5) is 0 Å². The maximum Gasteiger partial charge on any atom is 0.160 e. The predicted molar refractivity (Wildman–Crippen MR) is 67.8 cm³/mol. The van der Waals surface area contributed by atoms with Crippen molar-refractivity contribution in [3.63, 3.8) is 0 Å². The average Bonchev–Trinajstić information content (AvgIpc) is 3.08. The Labute approximate surface area is 101 Å². The fraction of sp³-hybridized carbons (Fsp3) is 0.538. The highest BCUT2D eigenvalue weighted by Crippen LogP contribution is 2.41.